The normalized spacial score (nSPS) is 27.9. The lowest BCUT2D eigenvalue weighted by Gasteiger charge is -2.31. The Hall–Kier alpha value is -4.36. The summed E-state index contributed by atoms with van der Waals surface area (Å²) in [6, 6.07) is 14.7. The van der Waals surface area contributed by atoms with Crippen molar-refractivity contribution >= 4 is 34.1 Å². The summed E-state index contributed by atoms with van der Waals surface area (Å²) in [6.07, 6.45) is 3.23. The molecule has 38 heavy (non-hydrogen) atoms. The maximum absolute atomic E-state index is 14.0. The Morgan fingerprint density at radius 3 is 2.74 bits per heavy atom. The molecule has 3 saturated heterocycles. The van der Waals surface area contributed by atoms with E-state index in [0.29, 0.717) is 52.9 Å². The van der Waals surface area contributed by atoms with Gasteiger partial charge in [-0.3, -0.25) is 9.59 Å². The lowest BCUT2D eigenvalue weighted by atomic mass is 9.67. The maximum atomic E-state index is 14.0. The zero-order valence-corrected chi connectivity index (χ0v) is 20.9. The average molecular weight is 509 g/mol. The highest BCUT2D eigenvalue weighted by molar-refractivity contribution is 6.26. The molecule has 5 heterocycles. The molecule has 7 rings (SSSR count). The van der Waals surface area contributed by atoms with Gasteiger partial charge in [-0.2, -0.15) is 19.9 Å². The molecule has 3 fully saturated rings. The Morgan fingerprint density at radius 1 is 1.13 bits per heavy atom. The number of benzene rings is 2. The molecule has 4 aromatic rings. The van der Waals surface area contributed by atoms with Crippen LogP contribution in [-0.4, -0.2) is 49.2 Å². The molecule has 0 N–H and O–H groups in total. The van der Waals surface area contributed by atoms with E-state index in [1.807, 2.05) is 38.1 Å². The predicted molar refractivity (Wildman–Crippen MR) is 135 cm³/mol. The second-order valence-corrected chi connectivity index (χ2v) is 10.5. The number of hydrogen-bond donors (Lipinski definition) is 0. The average Bonchev–Trinajstić information content (AvgIpc) is 3.64. The molecule has 2 bridgehead atoms. The van der Waals surface area contributed by atoms with Crippen molar-refractivity contribution in [1.29, 1.82) is 5.26 Å². The monoisotopic (exact) mass is 508 g/mol. The second kappa shape index (κ2) is 7.82. The van der Waals surface area contributed by atoms with Crippen LogP contribution in [0.25, 0.3) is 16.6 Å². The van der Waals surface area contributed by atoms with E-state index in [1.165, 1.54) is 15.7 Å². The van der Waals surface area contributed by atoms with Crippen molar-refractivity contribution in [1.82, 2.24) is 19.6 Å². The molecule has 10 nitrogen and oxygen atoms in total. The number of nitrogens with zero attached hydrogens (tertiary/aromatic N) is 6. The Kier molecular flexibility index (Phi) is 4.69. The van der Waals surface area contributed by atoms with Crippen molar-refractivity contribution in [2.45, 2.75) is 44.3 Å². The number of carbonyl (C=O) groups is 2. The van der Waals surface area contributed by atoms with Gasteiger partial charge in [0.2, 0.25) is 17.7 Å². The van der Waals surface area contributed by atoms with Gasteiger partial charge < -0.3 is 9.47 Å². The Labute approximate surface area is 217 Å². The van der Waals surface area contributed by atoms with Gasteiger partial charge in [0.25, 0.3) is 5.78 Å². The first kappa shape index (κ1) is 22.8. The fraction of sp³-hybridized carbons (Fsp3) is 0.357. The Balaban J connectivity index is 1.22. The molecular weight excluding hydrogens is 484 g/mol. The number of nitriles is 1. The van der Waals surface area contributed by atoms with Crippen LogP contribution in [0.2, 0.25) is 0 Å². The first-order valence-corrected chi connectivity index (χ1v) is 12.7. The third kappa shape index (κ3) is 2.99. The van der Waals surface area contributed by atoms with Gasteiger partial charge in [-0.1, -0.05) is 24.3 Å². The molecule has 190 valence electrons. The highest BCUT2D eigenvalue weighted by Gasteiger charge is 2.73. The molecule has 2 aromatic carbocycles. The summed E-state index contributed by atoms with van der Waals surface area (Å²) in [6.45, 7) is 4.08. The minimum atomic E-state index is -0.799. The van der Waals surface area contributed by atoms with Crippen LogP contribution >= 0.6 is 0 Å². The molecule has 3 aliphatic heterocycles. The zero-order valence-electron chi connectivity index (χ0n) is 20.9. The number of amides is 2. The SMILES string of the molecule is Cc1cc(OCC[C@@]23CC[C@@](C)(O2)[C@H]2C(=O)N(c4ccc(C#N)c5ccccc45)C(=O)[C@H]23)n2ncnc2n1. The molecular formula is C28H24N6O4. The fourth-order valence-corrected chi connectivity index (χ4v) is 6.75. The summed E-state index contributed by atoms with van der Waals surface area (Å²) in [5, 5.41) is 15.2. The number of imide groups is 1. The summed E-state index contributed by atoms with van der Waals surface area (Å²) in [5.74, 6) is -0.701. The number of rotatable bonds is 5. The van der Waals surface area contributed by atoms with E-state index in [0.717, 1.165) is 5.69 Å². The van der Waals surface area contributed by atoms with Crippen LogP contribution in [0.4, 0.5) is 5.69 Å². The lowest BCUT2D eigenvalue weighted by molar-refractivity contribution is -0.131. The van der Waals surface area contributed by atoms with Crippen molar-refractivity contribution in [2.24, 2.45) is 11.8 Å². The molecule has 0 radical (unpaired) electrons. The van der Waals surface area contributed by atoms with Crippen molar-refractivity contribution < 1.29 is 19.1 Å². The van der Waals surface area contributed by atoms with E-state index in [1.54, 1.807) is 18.2 Å². The van der Waals surface area contributed by atoms with Crippen LogP contribution in [0.5, 0.6) is 5.88 Å². The first-order chi connectivity index (χ1) is 18.3. The lowest BCUT2D eigenvalue weighted by Crippen LogP contribution is -2.43. The molecule has 3 aliphatic rings. The van der Waals surface area contributed by atoms with Crippen LogP contribution in [0.3, 0.4) is 0 Å². The maximum Gasteiger partial charge on any atom is 0.255 e. The van der Waals surface area contributed by atoms with Gasteiger partial charge in [0.15, 0.2) is 0 Å². The predicted octanol–water partition coefficient (Wildman–Crippen LogP) is 3.35. The van der Waals surface area contributed by atoms with Crippen molar-refractivity contribution in [3.05, 3.63) is 60.0 Å². The number of carbonyl (C=O) groups excluding carboxylic acids is 2. The number of ether oxygens (including phenoxy) is 2. The second-order valence-electron chi connectivity index (χ2n) is 10.5. The van der Waals surface area contributed by atoms with Gasteiger partial charge in [-0.25, -0.2) is 9.88 Å². The Morgan fingerprint density at radius 2 is 1.92 bits per heavy atom. The fourth-order valence-electron chi connectivity index (χ4n) is 6.75. The van der Waals surface area contributed by atoms with Crippen LogP contribution in [0.1, 0.15) is 37.4 Å². The summed E-state index contributed by atoms with van der Waals surface area (Å²) < 4.78 is 14.2. The third-order valence-corrected chi connectivity index (χ3v) is 8.40. The molecule has 2 amide bonds. The van der Waals surface area contributed by atoms with E-state index >= 15 is 0 Å². The van der Waals surface area contributed by atoms with Gasteiger partial charge in [0.05, 0.1) is 47.0 Å². The van der Waals surface area contributed by atoms with Gasteiger partial charge in [0.1, 0.15) is 6.33 Å². The van der Waals surface area contributed by atoms with E-state index < -0.39 is 23.0 Å². The number of aromatic nitrogens is 4. The number of anilines is 1. The smallest absolute Gasteiger partial charge is 0.255 e. The van der Waals surface area contributed by atoms with Crippen LogP contribution in [0, 0.1) is 30.1 Å². The minimum absolute atomic E-state index is 0.242. The molecule has 0 saturated carbocycles. The van der Waals surface area contributed by atoms with Crippen LogP contribution in [0.15, 0.2) is 48.8 Å². The molecule has 10 heteroatoms. The molecule has 0 unspecified atom stereocenters. The van der Waals surface area contributed by atoms with Gasteiger partial charge in [0, 0.05) is 29.0 Å². The van der Waals surface area contributed by atoms with Crippen LogP contribution in [-0.2, 0) is 14.3 Å². The van der Waals surface area contributed by atoms with E-state index in [2.05, 4.69) is 21.1 Å². The van der Waals surface area contributed by atoms with E-state index in [-0.39, 0.29) is 18.4 Å². The van der Waals surface area contributed by atoms with Gasteiger partial charge in [-0.15, -0.1) is 0 Å². The van der Waals surface area contributed by atoms with Crippen molar-refractivity contribution in [2.75, 3.05) is 11.5 Å². The molecule has 0 aliphatic carbocycles. The van der Waals surface area contributed by atoms with Gasteiger partial charge in [-0.05, 0) is 38.8 Å². The van der Waals surface area contributed by atoms with Gasteiger partial charge >= 0.3 is 0 Å². The third-order valence-electron chi connectivity index (χ3n) is 8.40. The zero-order chi connectivity index (χ0) is 26.2. The summed E-state index contributed by atoms with van der Waals surface area (Å²) >= 11 is 0. The first-order valence-electron chi connectivity index (χ1n) is 12.7. The topological polar surface area (TPSA) is 123 Å². The highest BCUT2D eigenvalue weighted by atomic mass is 16.5. The number of hydrogen-bond acceptors (Lipinski definition) is 8. The summed E-state index contributed by atoms with van der Waals surface area (Å²) in [5.41, 5.74) is 0.249. The molecule has 0 spiro atoms. The quantitative estimate of drug-likeness (QED) is 0.376. The summed E-state index contributed by atoms with van der Waals surface area (Å²) in [7, 11) is 0. The van der Waals surface area contributed by atoms with Crippen molar-refractivity contribution in [3.63, 3.8) is 0 Å². The van der Waals surface area contributed by atoms with Crippen LogP contribution < -0.4 is 9.64 Å². The number of fused-ring (bicyclic) bond motifs is 7. The minimum Gasteiger partial charge on any atom is -0.477 e. The van der Waals surface area contributed by atoms with E-state index in [9.17, 15) is 14.9 Å². The Bertz CT molecular complexity index is 1710. The molecule has 4 atom stereocenters. The number of aryl methyl sites for hydroxylation is 1. The molecule has 2 aromatic heterocycles. The largest absolute Gasteiger partial charge is 0.477 e. The standard InChI is InChI=1S/C28H24N6O4/c1-16-13-21(34-26(32-16)30-15-31-34)37-12-11-28-10-9-27(2,38-28)22-23(28)25(36)33(24(22)35)20-8-7-17(14-29)18-5-3-4-6-19(18)20/h3-8,13,15,22-23H,9-12H2,1-2H3/t22-,23+,27-,28-/m1/s1. The summed E-state index contributed by atoms with van der Waals surface area (Å²) in [4.78, 5) is 37.7. The van der Waals surface area contributed by atoms with Crippen molar-refractivity contribution in [3.8, 4) is 11.9 Å². The van der Waals surface area contributed by atoms with E-state index in [4.69, 9.17) is 9.47 Å². The highest BCUT2D eigenvalue weighted by Crippen LogP contribution is 2.62.